The van der Waals surface area contributed by atoms with E-state index in [1.54, 1.807) is 13.0 Å². The maximum Gasteiger partial charge on any atom is 0.261 e. The molecular formula is C24H28N2O5S. The Morgan fingerprint density at radius 2 is 1.75 bits per heavy atom. The summed E-state index contributed by atoms with van der Waals surface area (Å²) < 4.78 is 29.8. The molecule has 0 saturated carbocycles. The summed E-state index contributed by atoms with van der Waals surface area (Å²) in [5, 5.41) is 0.435. The number of Topliss-reactive ketones (excluding diaryl/α,β-unsaturated/α-hetero) is 1. The van der Waals surface area contributed by atoms with Crippen LogP contribution >= 0.6 is 0 Å². The third-order valence-electron chi connectivity index (χ3n) is 5.88. The van der Waals surface area contributed by atoms with Crippen molar-refractivity contribution in [1.82, 2.24) is 9.55 Å². The van der Waals surface area contributed by atoms with Gasteiger partial charge in [0.15, 0.2) is 15.6 Å². The highest BCUT2D eigenvalue weighted by Gasteiger charge is 2.41. The van der Waals surface area contributed by atoms with Crippen molar-refractivity contribution in [2.24, 2.45) is 0 Å². The van der Waals surface area contributed by atoms with Crippen molar-refractivity contribution < 1.29 is 17.9 Å². The molecule has 2 aromatic carbocycles. The molecule has 1 heterocycles. The predicted molar refractivity (Wildman–Crippen MR) is 126 cm³/mol. The van der Waals surface area contributed by atoms with Crippen molar-refractivity contribution in [2.45, 2.75) is 44.9 Å². The second kappa shape index (κ2) is 9.24. The number of aryl methyl sites for hydroxylation is 1. The highest BCUT2D eigenvalue weighted by Crippen LogP contribution is 2.26. The smallest absolute Gasteiger partial charge is 0.261 e. The van der Waals surface area contributed by atoms with Gasteiger partial charge >= 0.3 is 0 Å². The van der Waals surface area contributed by atoms with E-state index in [9.17, 15) is 18.0 Å². The maximum atomic E-state index is 13.0. The highest BCUT2D eigenvalue weighted by atomic mass is 32.2. The second-order valence-electron chi connectivity index (χ2n) is 7.96. The summed E-state index contributed by atoms with van der Waals surface area (Å²) in [7, 11) is -3.64. The lowest BCUT2D eigenvalue weighted by molar-refractivity contribution is -0.121. The third-order valence-corrected chi connectivity index (χ3v) is 7.95. The van der Waals surface area contributed by atoms with Gasteiger partial charge in [-0.2, -0.15) is 0 Å². The number of benzene rings is 2. The molecule has 0 unspecified atom stereocenters. The SMILES string of the molecule is CCOc1ccc(-c2ccc3c(=O)n(CC[C@](C)(C(=O)CC)S(C)(=O)=O)cnc3c2)cc1. The fourth-order valence-corrected chi connectivity index (χ4v) is 4.67. The average Bonchev–Trinajstić information content (AvgIpc) is 2.77. The summed E-state index contributed by atoms with van der Waals surface area (Å²) in [6.45, 7) is 5.67. The number of fused-ring (bicyclic) bond motifs is 1. The number of ketones is 1. The first-order chi connectivity index (χ1) is 15.1. The molecule has 0 amide bonds. The molecule has 8 heteroatoms. The van der Waals surface area contributed by atoms with Crippen LogP contribution in [0.4, 0.5) is 0 Å². The molecule has 0 bridgehead atoms. The number of rotatable bonds is 9. The quantitative estimate of drug-likeness (QED) is 0.488. The predicted octanol–water partition coefficient (Wildman–Crippen LogP) is 3.63. The number of sulfone groups is 1. The molecule has 170 valence electrons. The first-order valence-electron chi connectivity index (χ1n) is 10.6. The average molecular weight is 457 g/mol. The van der Waals surface area contributed by atoms with Crippen LogP contribution in [0.15, 0.2) is 53.6 Å². The number of hydrogen-bond donors (Lipinski definition) is 0. The summed E-state index contributed by atoms with van der Waals surface area (Å²) in [6, 6.07) is 13.1. The minimum Gasteiger partial charge on any atom is -0.494 e. The molecule has 3 rings (SSSR count). The third kappa shape index (κ3) is 4.60. The zero-order valence-electron chi connectivity index (χ0n) is 18.8. The van der Waals surface area contributed by atoms with Gasteiger partial charge in [0, 0.05) is 19.2 Å². The van der Waals surface area contributed by atoms with Crippen LogP contribution in [0.2, 0.25) is 0 Å². The molecule has 1 atom stereocenters. The fraction of sp³-hybridized carbons (Fsp3) is 0.375. The van der Waals surface area contributed by atoms with E-state index < -0.39 is 14.6 Å². The number of aromatic nitrogens is 2. The Labute approximate surface area is 188 Å². The molecule has 0 aliphatic carbocycles. The zero-order valence-corrected chi connectivity index (χ0v) is 19.6. The number of ether oxygens (including phenoxy) is 1. The Bertz CT molecular complexity index is 1300. The van der Waals surface area contributed by atoms with Crippen LogP contribution in [0.5, 0.6) is 5.75 Å². The highest BCUT2D eigenvalue weighted by molar-refractivity contribution is 7.92. The van der Waals surface area contributed by atoms with Crippen molar-refractivity contribution in [1.29, 1.82) is 0 Å². The Morgan fingerprint density at radius 1 is 1.09 bits per heavy atom. The van der Waals surface area contributed by atoms with E-state index in [0.717, 1.165) is 23.1 Å². The summed E-state index contributed by atoms with van der Waals surface area (Å²) in [5.74, 6) is 0.433. The minimum absolute atomic E-state index is 0.00978. The summed E-state index contributed by atoms with van der Waals surface area (Å²) in [4.78, 5) is 29.7. The molecule has 0 fully saturated rings. The van der Waals surface area contributed by atoms with E-state index in [1.807, 2.05) is 43.3 Å². The normalized spacial score (nSPS) is 13.6. The van der Waals surface area contributed by atoms with E-state index in [2.05, 4.69) is 4.98 Å². The van der Waals surface area contributed by atoms with E-state index in [4.69, 9.17) is 4.74 Å². The molecule has 1 aromatic heterocycles. The number of carbonyl (C=O) groups is 1. The van der Waals surface area contributed by atoms with Crippen molar-refractivity contribution in [3.63, 3.8) is 0 Å². The van der Waals surface area contributed by atoms with Gasteiger partial charge in [0.2, 0.25) is 0 Å². The van der Waals surface area contributed by atoms with Crippen LogP contribution in [-0.2, 0) is 21.2 Å². The van der Waals surface area contributed by atoms with Crippen LogP contribution in [0, 0.1) is 0 Å². The molecule has 0 aliphatic rings. The van der Waals surface area contributed by atoms with Gasteiger partial charge in [0.05, 0.1) is 23.8 Å². The number of hydrogen-bond acceptors (Lipinski definition) is 6. The van der Waals surface area contributed by atoms with Crippen LogP contribution < -0.4 is 10.3 Å². The van der Waals surface area contributed by atoms with Gasteiger partial charge in [-0.25, -0.2) is 13.4 Å². The lowest BCUT2D eigenvalue weighted by Crippen LogP contribution is -2.44. The fourth-order valence-electron chi connectivity index (χ4n) is 3.65. The Hall–Kier alpha value is -3.00. The van der Waals surface area contributed by atoms with Gasteiger partial charge in [-0.3, -0.25) is 14.2 Å². The van der Waals surface area contributed by atoms with Gasteiger partial charge in [0.25, 0.3) is 5.56 Å². The monoisotopic (exact) mass is 456 g/mol. The summed E-state index contributed by atoms with van der Waals surface area (Å²) >= 11 is 0. The van der Waals surface area contributed by atoms with Gasteiger partial charge < -0.3 is 4.74 Å². The first-order valence-corrected chi connectivity index (χ1v) is 12.4. The van der Waals surface area contributed by atoms with Crippen LogP contribution in [-0.4, -0.2) is 41.4 Å². The van der Waals surface area contributed by atoms with Crippen molar-refractivity contribution in [3.05, 3.63) is 59.1 Å². The van der Waals surface area contributed by atoms with E-state index in [-0.39, 0.29) is 30.7 Å². The van der Waals surface area contributed by atoms with Gasteiger partial charge in [0.1, 0.15) is 10.5 Å². The number of nitrogens with zero attached hydrogens (tertiary/aromatic N) is 2. The largest absolute Gasteiger partial charge is 0.494 e. The van der Waals surface area contributed by atoms with Crippen molar-refractivity contribution in [3.8, 4) is 16.9 Å². The maximum absolute atomic E-state index is 13.0. The summed E-state index contributed by atoms with van der Waals surface area (Å²) in [6.07, 6.45) is 2.59. The van der Waals surface area contributed by atoms with E-state index >= 15 is 0 Å². The molecule has 3 aromatic rings. The molecule has 0 N–H and O–H groups in total. The first kappa shape index (κ1) is 23.7. The van der Waals surface area contributed by atoms with Crippen molar-refractivity contribution >= 4 is 26.5 Å². The molecule has 0 spiro atoms. The Kier molecular flexibility index (Phi) is 6.83. The molecule has 7 nitrogen and oxygen atoms in total. The lowest BCUT2D eigenvalue weighted by atomic mass is 9.99. The standard InChI is InChI=1S/C24H28N2O5S/c1-5-22(27)24(3,32(4,29)30)13-14-26-16-25-21-15-18(9-12-20(21)23(26)28)17-7-10-19(11-8-17)31-6-2/h7-12,15-16H,5-6,13-14H2,1-4H3/t24-/m1/s1. The second-order valence-corrected chi connectivity index (χ2v) is 10.4. The molecular weight excluding hydrogens is 428 g/mol. The summed E-state index contributed by atoms with van der Waals surface area (Å²) in [5.41, 5.74) is 2.17. The van der Waals surface area contributed by atoms with Crippen LogP contribution in [0.1, 0.15) is 33.6 Å². The van der Waals surface area contributed by atoms with Crippen molar-refractivity contribution in [2.75, 3.05) is 12.9 Å². The van der Waals surface area contributed by atoms with Crippen LogP contribution in [0.3, 0.4) is 0 Å². The number of carbonyl (C=O) groups excluding carboxylic acids is 1. The Morgan fingerprint density at radius 3 is 2.34 bits per heavy atom. The zero-order chi connectivity index (χ0) is 23.5. The lowest BCUT2D eigenvalue weighted by Gasteiger charge is -2.26. The van der Waals surface area contributed by atoms with Gasteiger partial charge in [-0.1, -0.05) is 25.1 Å². The van der Waals surface area contributed by atoms with Gasteiger partial charge in [-0.15, -0.1) is 0 Å². The molecule has 0 saturated heterocycles. The topological polar surface area (TPSA) is 95.3 Å². The van der Waals surface area contributed by atoms with Crippen LogP contribution in [0.25, 0.3) is 22.0 Å². The molecule has 0 radical (unpaired) electrons. The van der Waals surface area contributed by atoms with E-state index in [0.29, 0.717) is 17.5 Å². The Balaban J connectivity index is 1.90. The van der Waals surface area contributed by atoms with Gasteiger partial charge in [-0.05, 0) is 55.7 Å². The minimum atomic E-state index is -3.64. The molecule has 0 aliphatic heterocycles. The van der Waals surface area contributed by atoms with E-state index in [1.165, 1.54) is 17.8 Å². The molecule has 32 heavy (non-hydrogen) atoms.